The minimum Gasteiger partial charge on any atom is -0.300 e. The molecule has 1 heteroatoms. The maximum atomic E-state index is 11.2. The largest absolute Gasteiger partial charge is 0.300 e. The van der Waals surface area contributed by atoms with E-state index in [1.165, 1.54) is 16.7 Å². The van der Waals surface area contributed by atoms with Gasteiger partial charge in [-0.1, -0.05) is 18.2 Å². The van der Waals surface area contributed by atoms with Crippen LogP contribution in [0.3, 0.4) is 0 Å². The Morgan fingerprint density at radius 3 is 2.57 bits per heavy atom. The van der Waals surface area contributed by atoms with E-state index in [2.05, 4.69) is 32.0 Å². The highest BCUT2D eigenvalue weighted by atomic mass is 16.1. The number of hydrogen-bond donors (Lipinski definition) is 0. The lowest BCUT2D eigenvalue weighted by Crippen LogP contribution is -1.95. The van der Waals surface area contributed by atoms with Gasteiger partial charge in [0.2, 0.25) is 0 Å². The Labute approximate surface area is 85.1 Å². The maximum absolute atomic E-state index is 11.2. The highest BCUT2D eigenvalue weighted by Crippen LogP contribution is 2.32. The first-order valence-corrected chi connectivity index (χ1v) is 5.25. The summed E-state index contributed by atoms with van der Waals surface area (Å²) >= 11 is 0. The van der Waals surface area contributed by atoms with Gasteiger partial charge in [0, 0.05) is 12.8 Å². The van der Waals surface area contributed by atoms with Crippen molar-refractivity contribution in [3.05, 3.63) is 34.9 Å². The van der Waals surface area contributed by atoms with Gasteiger partial charge in [-0.05, 0) is 42.9 Å². The van der Waals surface area contributed by atoms with Gasteiger partial charge in [-0.2, -0.15) is 0 Å². The van der Waals surface area contributed by atoms with Gasteiger partial charge in [0.15, 0.2) is 0 Å². The fourth-order valence-corrected chi connectivity index (χ4v) is 2.12. The number of benzene rings is 1. The van der Waals surface area contributed by atoms with E-state index in [4.69, 9.17) is 0 Å². The molecule has 0 saturated heterocycles. The zero-order valence-corrected chi connectivity index (χ0v) is 8.84. The Balaban J connectivity index is 2.24. The molecule has 1 aliphatic rings. The number of aryl methyl sites for hydroxylation is 2. The number of ketones is 1. The number of carbonyl (C=O) groups excluding carboxylic acids is 1. The van der Waals surface area contributed by atoms with Gasteiger partial charge in [0.25, 0.3) is 0 Å². The summed E-state index contributed by atoms with van der Waals surface area (Å²) in [5.41, 5.74) is 4.01. The Morgan fingerprint density at radius 2 is 2.00 bits per heavy atom. The average molecular weight is 188 g/mol. The summed E-state index contributed by atoms with van der Waals surface area (Å²) in [6, 6.07) is 6.57. The molecule has 0 aromatic heterocycles. The van der Waals surface area contributed by atoms with Crippen molar-refractivity contribution in [2.45, 2.75) is 39.0 Å². The molecule has 0 spiro atoms. The minimum atomic E-state index is 0.424. The number of rotatable bonds is 1. The van der Waals surface area contributed by atoms with Crippen LogP contribution in [0.5, 0.6) is 0 Å². The number of hydrogen-bond acceptors (Lipinski definition) is 1. The summed E-state index contributed by atoms with van der Waals surface area (Å²) in [5.74, 6) is 0.912. The monoisotopic (exact) mass is 188 g/mol. The molecule has 0 amide bonds. The summed E-state index contributed by atoms with van der Waals surface area (Å²) < 4.78 is 0. The molecule has 0 heterocycles. The van der Waals surface area contributed by atoms with Crippen molar-refractivity contribution in [1.29, 1.82) is 0 Å². The first-order valence-electron chi connectivity index (χ1n) is 5.25. The third-order valence-corrected chi connectivity index (χ3v) is 3.25. The maximum Gasteiger partial charge on any atom is 0.133 e. The summed E-state index contributed by atoms with van der Waals surface area (Å²) in [4.78, 5) is 11.2. The van der Waals surface area contributed by atoms with Crippen LogP contribution >= 0.6 is 0 Å². The molecule has 0 aliphatic heterocycles. The van der Waals surface area contributed by atoms with E-state index in [1.54, 1.807) is 0 Å². The van der Waals surface area contributed by atoms with Crippen LogP contribution in [0, 0.1) is 13.8 Å². The van der Waals surface area contributed by atoms with Crippen LogP contribution in [-0.2, 0) is 4.79 Å². The van der Waals surface area contributed by atoms with Crippen LogP contribution in [0.25, 0.3) is 0 Å². The van der Waals surface area contributed by atoms with Crippen LogP contribution in [0.1, 0.15) is 41.9 Å². The molecule has 14 heavy (non-hydrogen) atoms. The van der Waals surface area contributed by atoms with Crippen molar-refractivity contribution in [3.8, 4) is 0 Å². The summed E-state index contributed by atoms with van der Waals surface area (Å²) in [6.45, 7) is 4.26. The second kappa shape index (κ2) is 3.56. The van der Waals surface area contributed by atoms with Gasteiger partial charge >= 0.3 is 0 Å². The molecule has 1 nitrogen and oxygen atoms in total. The third-order valence-electron chi connectivity index (χ3n) is 3.25. The highest BCUT2D eigenvalue weighted by molar-refractivity contribution is 5.81. The van der Waals surface area contributed by atoms with Crippen molar-refractivity contribution in [2.75, 3.05) is 0 Å². The van der Waals surface area contributed by atoms with Crippen molar-refractivity contribution >= 4 is 5.78 Å². The van der Waals surface area contributed by atoms with Crippen LogP contribution < -0.4 is 0 Å². The highest BCUT2D eigenvalue weighted by Gasteiger charge is 2.23. The first kappa shape index (κ1) is 9.45. The second-order valence-corrected chi connectivity index (χ2v) is 4.32. The average Bonchev–Trinajstić information content (AvgIpc) is 2.57. The van der Waals surface area contributed by atoms with Gasteiger partial charge < -0.3 is 0 Å². The Kier molecular flexibility index (Phi) is 2.40. The van der Waals surface area contributed by atoms with Gasteiger partial charge in [0.05, 0.1) is 0 Å². The van der Waals surface area contributed by atoms with E-state index < -0.39 is 0 Å². The van der Waals surface area contributed by atoms with Crippen molar-refractivity contribution in [3.63, 3.8) is 0 Å². The van der Waals surface area contributed by atoms with Crippen LogP contribution in [0.2, 0.25) is 0 Å². The van der Waals surface area contributed by atoms with Crippen molar-refractivity contribution < 1.29 is 4.79 Å². The fraction of sp³-hybridized carbons (Fsp3) is 0.462. The lowest BCUT2D eigenvalue weighted by atomic mass is 9.94. The molecule has 1 aromatic rings. The van der Waals surface area contributed by atoms with Gasteiger partial charge in [-0.3, -0.25) is 4.79 Å². The Hall–Kier alpha value is -1.11. The molecule has 1 atom stereocenters. The van der Waals surface area contributed by atoms with E-state index in [0.717, 1.165) is 19.3 Å². The fourth-order valence-electron chi connectivity index (χ4n) is 2.12. The lowest BCUT2D eigenvalue weighted by molar-refractivity contribution is -0.117. The molecule has 1 saturated carbocycles. The molecule has 1 aromatic carbocycles. The lowest BCUT2D eigenvalue weighted by Gasteiger charge is -2.10. The molecule has 0 radical (unpaired) electrons. The van der Waals surface area contributed by atoms with E-state index in [0.29, 0.717) is 11.7 Å². The molecule has 1 unspecified atom stereocenters. The normalized spacial score (nSPS) is 21.6. The zero-order chi connectivity index (χ0) is 10.1. The molecular weight excluding hydrogens is 172 g/mol. The van der Waals surface area contributed by atoms with Crippen LogP contribution in [0.15, 0.2) is 18.2 Å². The molecule has 0 N–H and O–H groups in total. The molecule has 2 rings (SSSR count). The SMILES string of the molecule is Cc1ccc(C2CCC(=O)C2)cc1C. The summed E-state index contributed by atoms with van der Waals surface area (Å²) in [6.07, 6.45) is 2.57. The van der Waals surface area contributed by atoms with Gasteiger partial charge in [-0.25, -0.2) is 0 Å². The number of Topliss-reactive ketones (excluding diaryl/α,β-unsaturated/α-hetero) is 1. The molecular formula is C13H16O. The van der Waals surface area contributed by atoms with Crippen LogP contribution in [-0.4, -0.2) is 5.78 Å². The quantitative estimate of drug-likeness (QED) is 0.661. The number of carbonyl (C=O) groups is 1. The topological polar surface area (TPSA) is 17.1 Å². The first-order chi connectivity index (χ1) is 6.66. The molecule has 0 bridgehead atoms. The van der Waals surface area contributed by atoms with E-state index in [1.807, 2.05) is 0 Å². The summed E-state index contributed by atoms with van der Waals surface area (Å²) in [5, 5.41) is 0. The standard InChI is InChI=1S/C13H16O/c1-9-3-4-11(7-10(9)2)12-5-6-13(14)8-12/h3-4,7,12H,5-6,8H2,1-2H3. The molecule has 1 aliphatic carbocycles. The predicted octanol–water partition coefficient (Wildman–Crippen LogP) is 3.14. The van der Waals surface area contributed by atoms with Gasteiger partial charge in [0.1, 0.15) is 5.78 Å². The molecule has 1 fully saturated rings. The van der Waals surface area contributed by atoms with Crippen molar-refractivity contribution in [1.82, 2.24) is 0 Å². The van der Waals surface area contributed by atoms with Crippen molar-refractivity contribution in [2.24, 2.45) is 0 Å². The smallest absolute Gasteiger partial charge is 0.133 e. The molecule has 74 valence electrons. The summed E-state index contributed by atoms with van der Waals surface area (Å²) in [7, 11) is 0. The van der Waals surface area contributed by atoms with E-state index in [9.17, 15) is 4.79 Å². The minimum absolute atomic E-state index is 0.424. The Morgan fingerprint density at radius 1 is 1.21 bits per heavy atom. The van der Waals surface area contributed by atoms with E-state index >= 15 is 0 Å². The van der Waals surface area contributed by atoms with E-state index in [-0.39, 0.29) is 0 Å². The second-order valence-electron chi connectivity index (χ2n) is 4.32. The van der Waals surface area contributed by atoms with Crippen LogP contribution in [0.4, 0.5) is 0 Å². The third kappa shape index (κ3) is 1.72. The predicted molar refractivity (Wildman–Crippen MR) is 57.5 cm³/mol. The van der Waals surface area contributed by atoms with Gasteiger partial charge in [-0.15, -0.1) is 0 Å². The zero-order valence-electron chi connectivity index (χ0n) is 8.84. The Bertz CT molecular complexity index is 365.